The van der Waals surface area contributed by atoms with Crippen LogP contribution in [0.15, 0.2) is 47.1 Å². The van der Waals surface area contributed by atoms with Gasteiger partial charge in [-0.2, -0.15) is 10.1 Å². The van der Waals surface area contributed by atoms with Crippen LogP contribution in [-0.2, 0) is 0 Å². The van der Waals surface area contributed by atoms with E-state index in [4.69, 9.17) is 15.2 Å². The summed E-state index contributed by atoms with van der Waals surface area (Å²) < 4.78 is 8.04. The molecule has 1 fully saturated rings. The molecular formula is C28H32N8O. The molecular weight excluding hydrogens is 464 g/mol. The molecule has 3 N–H and O–H groups in total. The predicted molar refractivity (Wildman–Crippen MR) is 147 cm³/mol. The molecule has 0 unspecified atom stereocenters. The van der Waals surface area contributed by atoms with Gasteiger partial charge in [-0.25, -0.2) is 14.6 Å². The van der Waals surface area contributed by atoms with E-state index in [9.17, 15) is 0 Å². The van der Waals surface area contributed by atoms with Crippen molar-refractivity contribution in [3.05, 3.63) is 53.9 Å². The lowest BCUT2D eigenvalue weighted by molar-refractivity contribution is 0.191. The Labute approximate surface area is 215 Å². The van der Waals surface area contributed by atoms with Crippen LogP contribution in [0.5, 0.6) is 0 Å². The fraction of sp³-hybridized carbons (Fsp3) is 0.357. The lowest BCUT2D eigenvalue weighted by atomic mass is 9.90. The first kappa shape index (κ1) is 23.4. The lowest BCUT2D eigenvalue weighted by Crippen LogP contribution is -2.33. The fourth-order valence-corrected chi connectivity index (χ4v) is 5.54. The largest absolute Gasteiger partial charge is 0.423 e. The van der Waals surface area contributed by atoms with E-state index in [-0.39, 0.29) is 0 Å². The minimum absolute atomic E-state index is 0.300. The highest BCUT2D eigenvalue weighted by atomic mass is 16.4. The first-order chi connectivity index (χ1) is 17.9. The van der Waals surface area contributed by atoms with Crippen LogP contribution in [0.2, 0.25) is 0 Å². The fourth-order valence-electron chi connectivity index (χ4n) is 5.54. The number of nitrogen functional groups attached to an aromatic ring is 1. The Morgan fingerprint density at radius 3 is 2.51 bits per heavy atom. The van der Waals surface area contributed by atoms with E-state index in [0.29, 0.717) is 23.9 Å². The van der Waals surface area contributed by atoms with Crippen molar-refractivity contribution in [3.63, 3.8) is 0 Å². The summed E-state index contributed by atoms with van der Waals surface area (Å²) in [7, 11) is 4.32. The maximum atomic E-state index is 6.35. The van der Waals surface area contributed by atoms with Gasteiger partial charge in [-0.3, -0.25) is 0 Å². The summed E-state index contributed by atoms with van der Waals surface area (Å²) in [5.74, 6) is 0.451. The number of anilines is 3. The van der Waals surface area contributed by atoms with Crippen LogP contribution in [0.25, 0.3) is 33.4 Å². The van der Waals surface area contributed by atoms with Crippen molar-refractivity contribution in [2.45, 2.75) is 51.6 Å². The van der Waals surface area contributed by atoms with Crippen LogP contribution in [0.3, 0.4) is 0 Å². The summed E-state index contributed by atoms with van der Waals surface area (Å²) in [6, 6.07) is 13.6. The number of nitrogens with zero attached hydrogens (tertiary/aromatic N) is 6. The molecule has 1 aliphatic rings. The summed E-state index contributed by atoms with van der Waals surface area (Å²) in [4.78, 5) is 15.8. The van der Waals surface area contributed by atoms with Gasteiger partial charge in [0.1, 0.15) is 23.4 Å². The maximum Gasteiger partial charge on any atom is 0.300 e. The zero-order valence-corrected chi connectivity index (χ0v) is 21.7. The molecule has 190 valence electrons. The predicted octanol–water partition coefficient (Wildman–Crippen LogP) is 5.62. The zero-order valence-electron chi connectivity index (χ0n) is 21.7. The number of aromatic nitrogens is 5. The number of nitrogens with one attached hydrogen (secondary N) is 1. The van der Waals surface area contributed by atoms with Gasteiger partial charge in [0.2, 0.25) is 0 Å². The highest BCUT2D eigenvalue weighted by molar-refractivity contribution is 5.98. The molecule has 0 spiro atoms. The van der Waals surface area contributed by atoms with E-state index < -0.39 is 0 Å². The first-order valence-electron chi connectivity index (χ1n) is 12.8. The lowest BCUT2D eigenvalue weighted by Gasteiger charge is -2.32. The average Bonchev–Trinajstić information content (AvgIpc) is 3.47. The number of nitrogens with two attached hydrogens (primary N) is 1. The van der Waals surface area contributed by atoms with E-state index in [2.05, 4.69) is 56.9 Å². The van der Waals surface area contributed by atoms with Crippen LogP contribution in [-0.4, -0.2) is 49.8 Å². The molecule has 3 aromatic heterocycles. The van der Waals surface area contributed by atoms with Gasteiger partial charge in [0.05, 0.1) is 11.4 Å². The molecule has 3 heterocycles. The summed E-state index contributed by atoms with van der Waals surface area (Å²) in [5, 5.41) is 9.13. The SMILES string of the molecule is Cc1cc(C)c2oc(Nc3ccc(-c4nn(C5CCC(N(C)C)CC5)c5ncnc(N)c45)cc3)nc2c1. The smallest absolute Gasteiger partial charge is 0.300 e. The van der Waals surface area contributed by atoms with Gasteiger partial charge in [-0.05, 0) is 83.0 Å². The van der Waals surface area contributed by atoms with E-state index in [1.54, 1.807) is 0 Å². The van der Waals surface area contributed by atoms with Crippen LogP contribution in [0.1, 0.15) is 42.9 Å². The van der Waals surface area contributed by atoms with Gasteiger partial charge in [0.25, 0.3) is 6.01 Å². The van der Waals surface area contributed by atoms with Gasteiger partial charge in [-0.15, -0.1) is 0 Å². The summed E-state index contributed by atoms with van der Waals surface area (Å²) in [6.45, 7) is 4.09. The monoisotopic (exact) mass is 496 g/mol. The maximum absolute atomic E-state index is 6.35. The van der Waals surface area contributed by atoms with Crippen molar-refractivity contribution in [2.75, 3.05) is 25.1 Å². The van der Waals surface area contributed by atoms with Crippen LogP contribution in [0.4, 0.5) is 17.5 Å². The number of benzene rings is 2. The summed E-state index contributed by atoms with van der Waals surface area (Å²) in [6.07, 6.45) is 5.95. The molecule has 0 radical (unpaired) electrons. The van der Waals surface area contributed by atoms with E-state index in [1.807, 2.05) is 37.3 Å². The van der Waals surface area contributed by atoms with Crippen molar-refractivity contribution in [2.24, 2.45) is 0 Å². The molecule has 9 nitrogen and oxygen atoms in total. The molecule has 5 aromatic rings. The van der Waals surface area contributed by atoms with Crippen LogP contribution in [0, 0.1) is 13.8 Å². The Kier molecular flexibility index (Phi) is 5.79. The van der Waals surface area contributed by atoms with Crippen LogP contribution < -0.4 is 11.1 Å². The molecule has 1 saturated carbocycles. The molecule has 1 aliphatic carbocycles. The molecule has 37 heavy (non-hydrogen) atoms. The van der Waals surface area contributed by atoms with Crippen molar-refractivity contribution < 1.29 is 4.42 Å². The number of rotatable bonds is 5. The van der Waals surface area contributed by atoms with Crippen LogP contribution >= 0.6 is 0 Å². The third-order valence-electron chi connectivity index (χ3n) is 7.49. The van der Waals surface area contributed by atoms with E-state index >= 15 is 0 Å². The molecule has 0 bridgehead atoms. The molecule has 0 aliphatic heterocycles. The number of fused-ring (bicyclic) bond motifs is 2. The van der Waals surface area contributed by atoms with Crippen molar-refractivity contribution in [3.8, 4) is 11.3 Å². The Hall–Kier alpha value is -3.98. The minimum atomic E-state index is 0.300. The third kappa shape index (κ3) is 4.29. The Morgan fingerprint density at radius 2 is 1.78 bits per heavy atom. The van der Waals surface area contributed by atoms with Gasteiger partial charge >= 0.3 is 0 Å². The third-order valence-corrected chi connectivity index (χ3v) is 7.49. The van der Waals surface area contributed by atoms with Gasteiger partial charge in [0.15, 0.2) is 11.2 Å². The normalized spacial score (nSPS) is 18.2. The number of aryl methyl sites for hydroxylation is 2. The molecule has 6 rings (SSSR count). The summed E-state index contributed by atoms with van der Waals surface area (Å²) in [5.41, 5.74) is 13.7. The van der Waals surface area contributed by atoms with Gasteiger partial charge in [-0.1, -0.05) is 18.2 Å². The number of oxazole rings is 1. The average molecular weight is 497 g/mol. The standard InChI is InChI=1S/C28H32N8O/c1-16-13-17(2)25-22(14-16)33-28(37-25)32-19-7-5-18(6-8-19)24-23-26(29)30-15-31-27(23)36(34-24)21-11-9-20(10-12-21)35(3)4/h5-8,13-15,20-21H,9-12H2,1-4H3,(H,32,33)(H2,29,30,31). The minimum Gasteiger partial charge on any atom is -0.423 e. The molecule has 0 atom stereocenters. The highest BCUT2D eigenvalue weighted by Crippen LogP contribution is 2.37. The van der Waals surface area contributed by atoms with E-state index in [0.717, 1.165) is 75.9 Å². The highest BCUT2D eigenvalue weighted by Gasteiger charge is 2.27. The van der Waals surface area contributed by atoms with Gasteiger partial charge < -0.3 is 20.4 Å². The second-order valence-electron chi connectivity index (χ2n) is 10.3. The summed E-state index contributed by atoms with van der Waals surface area (Å²) >= 11 is 0. The number of hydrogen-bond acceptors (Lipinski definition) is 8. The van der Waals surface area contributed by atoms with E-state index in [1.165, 1.54) is 6.33 Å². The topological polar surface area (TPSA) is 111 Å². The Morgan fingerprint density at radius 1 is 1.03 bits per heavy atom. The second kappa shape index (κ2) is 9.15. The molecule has 0 amide bonds. The second-order valence-corrected chi connectivity index (χ2v) is 10.3. The van der Waals surface area contributed by atoms with Crippen molar-refractivity contribution >= 4 is 39.7 Å². The Bertz CT molecular complexity index is 1580. The zero-order chi connectivity index (χ0) is 25.7. The van der Waals surface area contributed by atoms with Gasteiger partial charge in [0, 0.05) is 17.3 Å². The van der Waals surface area contributed by atoms with Crippen molar-refractivity contribution in [1.82, 2.24) is 29.6 Å². The van der Waals surface area contributed by atoms with Crippen molar-refractivity contribution in [1.29, 1.82) is 0 Å². The Balaban J connectivity index is 1.30. The molecule has 9 heteroatoms. The molecule has 0 saturated heterocycles. The molecule has 2 aromatic carbocycles. The quantitative estimate of drug-likeness (QED) is 0.322. The number of hydrogen-bond donors (Lipinski definition) is 2. The first-order valence-corrected chi connectivity index (χ1v) is 12.8.